The number of nitrogens with zero attached hydrogens (tertiary/aromatic N) is 2. The van der Waals surface area contributed by atoms with Crippen LogP contribution in [0, 0.1) is 0 Å². The molecule has 1 heterocycles. The Balaban J connectivity index is 2.28. The fourth-order valence-corrected chi connectivity index (χ4v) is 3.78. The molecular weight excluding hydrogens is 320 g/mol. The zero-order chi connectivity index (χ0) is 10.8. The number of halogens is 2. The number of rotatable bonds is 3. The summed E-state index contributed by atoms with van der Waals surface area (Å²) >= 11 is 7.40. The van der Waals surface area contributed by atoms with Crippen molar-refractivity contribution in [2.24, 2.45) is 0 Å². The molecule has 1 aliphatic carbocycles. The Morgan fingerprint density at radius 1 is 1.53 bits per heavy atom. The molecular formula is C11H16Br2N2. The van der Waals surface area contributed by atoms with Crippen LogP contribution < -0.4 is 0 Å². The molecule has 0 bridgehead atoms. The van der Waals surface area contributed by atoms with Gasteiger partial charge in [0.15, 0.2) is 0 Å². The smallest absolute Gasteiger partial charge is 0.0635 e. The Morgan fingerprint density at radius 2 is 2.33 bits per heavy atom. The number of alkyl halides is 1. The summed E-state index contributed by atoms with van der Waals surface area (Å²) in [5.74, 6) is 0.633. The first kappa shape index (κ1) is 11.6. The second-order valence-electron chi connectivity index (χ2n) is 4.15. The summed E-state index contributed by atoms with van der Waals surface area (Å²) < 4.78 is 3.33. The molecule has 0 spiro atoms. The maximum absolute atomic E-state index is 4.43. The summed E-state index contributed by atoms with van der Waals surface area (Å²) in [7, 11) is 0. The summed E-state index contributed by atoms with van der Waals surface area (Å²) in [5.41, 5.74) is 1.39. The molecule has 0 amide bonds. The van der Waals surface area contributed by atoms with Gasteiger partial charge in [-0.1, -0.05) is 29.3 Å². The first-order chi connectivity index (χ1) is 7.24. The van der Waals surface area contributed by atoms with Gasteiger partial charge in [0.05, 0.1) is 16.4 Å². The van der Waals surface area contributed by atoms with E-state index >= 15 is 0 Å². The summed E-state index contributed by atoms with van der Waals surface area (Å²) in [6, 6.07) is 0. The first-order valence-electron chi connectivity index (χ1n) is 5.59. The lowest BCUT2D eigenvalue weighted by Gasteiger charge is -2.16. The van der Waals surface area contributed by atoms with Crippen molar-refractivity contribution < 1.29 is 0 Å². The van der Waals surface area contributed by atoms with Gasteiger partial charge in [-0.05, 0) is 35.2 Å². The molecule has 0 radical (unpaired) electrons. The zero-order valence-electron chi connectivity index (χ0n) is 8.92. The van der Waals surface area contributed by atoms with E-state index in [1.165, 1.54) is 29.4 Å². The molecule has 1 aliphatic rings. The number of hydrogen-bond donors (Lipinski definition) is 0. The average molecular weight is 336 g/mol. The third kappa shape index (κ3) is 2.31. The lowest BCUT2D eigenvalue weighted by atomic mass is 10.0. The van der Waals surface area contributed by atoms with Gasteiger partial charge in [-0.3, -0.25) is 4.68 Å². The van der Waals surface area contributed by atoms with Crippen LogP contribution in [0.4, 0.5) is 0 Å². The van der Waals surface area contributed by atoms with E-state index in [4.69, 9.17) is 0 Å². The predicted molar refractivity (Wildman–Crippen MR) is 69.5 cm³/mol. The summed E-state index contributed by atoms with van der Waals surface area (Å²) in [6.45, 7) is 3.22. The van der Waals surface area contributed by atoms with E-state index in [0.717, 1.165) is 13.0 Å². The van der Waals surface area contributed by atoms with Crippen LogP contribution in [0.1, 0.15) is 44.2 Å². The Kier molecular flexibility index (Phi) is 3.88. The van der Waals surface area contributed by atoms with Crippen LogP contribution in [0.2, 0.25) is 0 Å². The highest BCUT2D eigenvalue weighted by molar-refractivity contribution is 9.10. The van der Waals surface area contributed by atoms with Crippen molar-refractivity contribution in [1.82, 2.24) is 9.78 Å². The molecule has 1 saturated carbocycles. The third-order valence-corrected chi connectivity index (χ3v) is 4.76. The molecule has 2 nitrogen and oxygen atoms in total. The van der Waals surface area contributed by atoms with Crippen LogP contribution in [0.5, 0.6) is 0 Å². The SMILES string of the molecule is CCCn1ncc(Br)c1C1CCCC1Br. The highest BCUT2D eigenvalue weighted by Crippen LogP contribution is 2.41. The van der Waals surface area contributed by atoms with Gasteiger partial charge in [0.1, 0.15) is 0 Å². The van der Waals surface area contributed by atoms with Crippen molar-refractivity contribution in [2.45, 2.75) is 49.9 Å². The van der Waals surface area contributed by atoms with Gasteiger partial charge in [0.2, 0.25) is 0 Å². The molecule has 4 heteroatoms. The van der Waals surface area contributed by atoms with Crippen LogP contribution in [0.25, 0.3) is 0 Å². The monoisotopic (exact) mass is 334 g/mol. The Morgan fingerprint density at radius 3 is 2.93 bits per heavy atom. The third-order valence-electron chi connectivity index (χ3n) is 3.05. The van der Waals surface area contributed by atoms with Crippen molar-refractivity contribution in [3.8, 4) is 0 Å². The van der Waals surface area contributed by atoms with Crippen molar-refractivity contribution in [3.05, 3.63) is 16.4 Å². The molecule has 1 fully saturated rings. The van der Waals surface area contributed by atoms with E-state index in [2.05, 4.69) is 48.6 Å². The first-order valence-corrected chi connectivity index (χ1v) is 7.30. The number of hydrogen-bond acceptors (Lipinski definition) is 1. The molecule has 1 aromatic heterocycles. The topological polar surface area (TPSA) is 17.8 Å². The predicted octanol–water partition coefficient (Wildman–Crippen LogP) is 4.09. The summed E-state index contributed by atoms with van der Waals surface area (Å²) in [5, 5.41) is 4.43. The quantitative estimate of drug-likeness (QED) is 0.761. The van der Waals surface area contributed by atoms with Crippen LogP contribution in [-0.4, -0.2) is 14.6 Å². The molecule has 0 saturated heterocycles. The van der Waals surface area contributed by atoms with E-state index in [-0.39, 0.29) is 0 Å². The molecule has 0 aliphatic heterocycles. The van der Waals surface area contributed by atoms with Crippen LogP contribution in [-0.2, 0) is 6.54 Å². The molecule has 2 rings (SSSR count). The van der Waals surface area contributed by atoms with E-state index in [1.807, 2.05) is 6.20 Å². The van der Waals surface area contributed by atoms with Crippen LogP contribution in [0.3, 0.4) is 0 Å². The Labute approximate surface area is 108 Å². The van der Waals surface area contributed by atoms with Gasteiger partial charge in [0, 0.05) is 17.3 Å². The highest BCUT2D eigenvalue weighted by atomic mass is 79.9. The standard InChI is InChI=1S/C11H16Br2N2/c1-2-6-15-11(10(13)7-14-15)8-4-3-5-9(8)12/h7-9H,2-6H2,1H3. The largest absolute Gasteiger partial charge is 0.268 e. The fourth-order valence-electron chi connectivity index (χ4n) is 2.35. The van der Waals surface area contributed by atoms with E-state index in [0.29, 0.717) is 10.7 Å². The Hall–Kier alpha value is 0.170. The molecule has 2 unspecified atom stereocenters. The van der Waals surface area contributed by atoms with Crippen LogP contribution in [0.15, 0.2) is 10.7 Å². The van der Waals surface area contributed by atoms with Crippen molar-refractivity contribution >= 4 is 31.9 Å². The lowest BCUT2D eigenvalue weighted by Crippen LogP contribution is -2.13. The van der Waals surface area contributed by atoms with Gasteiger partial charge in [-0.2, -0.15) is 5.10 Å². The van der Waals surface area contributed by atoms with E-state index in [9.17, 15) is 0 Å². The van der Waals surface area contributed by atoms with Crippen molar-refractivity contribution in [1.29, 1.82) is 0 Å². The van der Waals surface area contributed by atoms with Gasteiger partial charge in [0.25, 0.3) is 0 Å². The number of aryl methyl sites for hydroxylation is 1. The molecule has 84 valence electrons. The number of aromatic nitrogens is 2. The van der Waals surface area contributed by atoms with E-state index in [1.54, 1.807) is 0 Å². The summed E-state index contributed by atoms with van der Waals surface area (Å²) in [4.78, 5) is 0.626. The second kappa shape index (κ2) is 5.00. The second-order valence-corrected chi connectivity index (χ2v) is 6.18. The molecule has 0 N–H and O–H groups in total. The molecule has 1 aromatic rings. The van der Waals surface area contributed by atoms with Gasteiger partial charge < -0.3 is 0 Å². The summed E-state index contributed by atoms with van der Waals surface area (Å²) in [6.07, 6.45) is 6.96. The van der Waals surface area contributed by atoms with Crippen molar-refractivity contribution in [2.75, 3.05) is 0 Å². The van der Waals surface area contributed by atoms with Gasteiger partial charge in [-0.15, -0.1) is 0 Å². The van der Waals surface area contributed by atoms with Crippen molar-refractivity contribution in [3.63, 3.8) is 0 Å². The minimum Gasteiger partial charge on any atom is -0.268 e. The average Bonchev–Trinajstić information content (AvgIpc) is 2.75. The molecule has 0 aromatic carbocycles. The molecule has 2 atom stereocenters. The minimum absolute atomic E-state index is 0.626. The van der Waals surface area contributed by atoms with E-state index < -0.39 is 0 Å². The lowest BCUT2D eigenvalue weighted by molar-refractivity contribution is 0.541. The maximum atomic E-state index is 4.43. The fraction of sp³-hybridized carbons (Fsp3) is 0.727. The maximum Gasteiger partial charge on any atom is 0.0635 e. The Bertz CT molecular complexity index is 335. The normalized spacial score (nSPS) is 26.1. The highest BCUT2D eigenvalue weighted by Gasteiger charge is 2.30. The zero-order valence-corrected chi connectivity index (χ0v) is 12.1. The molecule has 15 heavy (non-hydrogen) atoms. The van der Waals surface area contributed by atoms with Crippen LogP contribution >= 0.6 is 31.9 Å². The van der Waals surface area contributed by atoms with Gasteiger partial charge >= 0.3 is 0 Å². The van der Waals surface area contributed by atoms with Gasteiger partial charge in [-0.25, -0.2) is 0 Å². The minimum atomic E-state index is 0.626.